The Hall–Kier alpha value is -2.42. The Kier molecular flexibility index (Phi) is 4.08. The molecule has 0 aliphatic carbocycles. The Morgan fingerprint density at radius 2 is 1.89 bits per heavy atom. The number of aryl methyl sites for hydroxylation is 1. The van der Waals surface area contributed by atoms with Crippen LogP contribution in [0.3, 0.4) is 0 Å². The molecule has 2 aromatic rings. The van der Waals surface area contributed by atoms with E-state index in [2.05, 4.69) is 0 Å². The fraction of sp³-hybridized carbons (Fsp3) is 0.125. The van der Waals surface area contributed by atoms with Gasteiger partial charge in [0.25, 0.3) is 0 Å². The van der Waals surface area contributed by atoms with Crippen LogP contribution in [0, 0.1) is 6.92 Å². The average Bonchev–Trinajstić information content (AvgIpc) is 2.45. The summed E-state index contributed by atoms with van der Waals surface area (Å²) in [5.41, 5.74) is 2.72. The number of benzene rings is 2. The smallest absolute Gasteiger partial charge is 0.338 e. The lowest BCUT2D eigenvalue weighted by Crippen LogP contribution is -2.07. The molecule has 0 heterocycles. The first-order valence-electron chi connectivity index (χ1n) is 5.97. The third kappa shape index (κ3) is 3.28. The van der Waals surface area contributed by atoms with E-state index in [1.807, 2.05) is 30.3 Å². The average molecular weight is 254 g/mol. The molecule has 0 spiro atoms. The third-order valence-electron chi connectivity index (χ3n) is 2.82. The minimum Gasteiger partial charge on any atom is -0.457 e. The summed E-state index contributed by atoms with van der Waals surface area (Å²) in [5.74, 6) is -0.376. The SMILES string of the molecule is Cc1cc(C=O)ccc1C(=O)OCc1ccccc1. The van der Waals surface area contributed by atoms with Gasteiger partial charge in [0.05, 0.1) is 5.56 Å². The van der Waals surface area contributed by atoms with Gasteiger partial charge in [-0.1, -0.05) is 36.4 Å². The molecule has 19 heavy (non-hydrogen) atoms. The monoisotopic (exact) mass is 254 g/mol. The molecule has 96 valence electrons. The molecule has 0 fully saturated rings. The van der Waals surface area contributed by atoms with E-state index in [1.165, 1.54) is 0 Å². The highest BCUT2D eigenvalue weighted by molar-refractivity contribution is 5.92. The van der Waals surface area contributed by atoms with Crippen LogP contribution in [0.25, 0.3) is 0 Å². The standard InChI is InChI=1S/C16H14O3/c1-12-9-14(10-17)7-8-15(12)16(18)19-11-13-5-3-2-4-6-13/h2-10H,11H2,1H3. The highest BCUT2D eigenvalue weighted by Gasteiger charge is 2.10. The molecule has 3 heteroatoms. The van der Waals surface area contributed by atoms with Gasteiger partial charge in [0.2, 0.25) is 0 Å². The van der Waals surface area contributed by atoms with Gasteiger partial charge in [-0.25, -0.2) is 4.79 Å². The van der Waals surface area contributed by atoms with Gasteiger partial charge in [-0.3, -0.25) is 4.79 Å². The van der Waals surface area contributed by atoms with Gasteiger partial charge in [-0.05, 0) is 30.2 Å². The lowest BCUT2D eigenvalue weighted by molar-refractivity contribution is 0.0471. The van der Waals surface area contributed by atoms with Crippen LogP contribution >= 0.6 is 0 Å². The fourth-order valence-corrected chi connectivity index (χ4v) is 1.79. The van der Waals surface area contributed by atoms with E-state index >= 15 is 0 Å². The molecule has 0 saturated heterocycles. The molecule has 2 aromatic carbocycles. The molecule has 0 saturated carbocycles. The molecule has 0 N–H and O–H groups in total. The maximum atomic E-state index is 11.9. The lowest BCUT2D eigenvalue weighted by atomic mass is 10.1. The minimum atomic E-state index is -0.376. The topological polar surface area (TPSA) is 43.4 Å². The largest absolute Gasteiger partial charge is 0.457 e. The van der Waals surface area contributed by atoms with Crippen molar-refractivity contribution in [2.75, 3.05) is 0 Å². The van der Waals surface area contributed by atoms with Crippen molar-refractivity contribution in [3.05, 3.63) is 70.8 Å². The van der Waals surface area contributed by atoms with E-state index < -0.39 is 0 Å². The summed E-state index contributed by atoms with van der Waals surface area (Å²) in [6.45, 7) is 2.03. The number of esters is 1. The molecule has 0 atom stereocenters. The van der Waals surface area contributed by atoms with Gasteiger partial charge in [0.15, 0.2) is 0 Å². The number of ether oxygens (including phenoxy) is 1. The zero-order valence-electron chi connectivity index (χ0n) is 10.6. The van der Waals surface area contributed by atoms with E-state index in [0.717, 1.165) is 17.4 Å². The molecule has 0 aliphatic heterocycles. The highest BCUT2D eigenvalue weighted by Crippen LogP contribution is 2.12. The van der Waals surface area contributed by atoms with E-state index in [4.69, 9.17) is 4.74 Å². The third-order valence-corrected chi connectivity index (χ3v) is 2.82. The molecule has 0 unspecified atom stereocenters. The second kappa shape index (κ2) is 5.96. The number of carbonyl (C=O) groups is 2. The first-order valence-corrected chi connectivity index (χ1v) is 5.97. The van der Waals surface area contributed by atoms with Crippen molar-refractivity contribution in [3.8, 4) is 0 Å². The summed E-state index contributed by atoms with van der Waals surface area (Å²) in [7, 11) is 0. The predicted molar refractivity (Wildman–Crippen MR) is 72.1 cm³/mol. The summed E-state index contributed by atoms with van der Waals surface area (Å²) < 4.78 is 5.24. The van der Waals surface area contributed by atoms with Crippen LogP contribution < -0.4 is 0 Å². The lowest BCUT2D eigenvalue weighted by Gasteiger charge is -2.07. The quantitative estimate of drug-likeness (QED) is 0.621. The molecule has 0 aromatic heterocycles. The number of rotatable bonds is 4. The van der Waals surface area contributed by atoms with E-state index in [0.29, 0.717) is 11.1 Å². The van der Waals surface area contributed by atoms with E-state index in [1.54, 1.807) is 25.1 Å². The molecule has 0 aliphatic rings. The summed E-state index contributed by atoms with van der Waals surface area (Å²) in [6, 6.07) is 14.4. The van der Waals surface area contributed by atoms with Crippen LogP contribution in [-0.2, 0) is 11.3 Å². The minimum absolute atomic E-state index is 0.245. The van der Waals surface area contributed by atoms with Crippen LogP contribution in [-0.4, -0.2) is 12.3 Å². The Balaban J connectivity index is 2.06. The summed E-state index contributed by atoms with van der Waals surface area (Å²) >= 11 is 0. The van der Waals surface area contributed by atoms with Gasteiger partial charge in [0, 0.05) is 5.56 Å². The van der Waals surface area contributed by atoms with Crippen molar-refractivity contribution in [1.29, 1.82) is 0 Å². The molecular weight excluding hydrogens is 240 g/mol. The molecular formula is C16H14O3. The van der Waals surface area contributed by atoms with Gasteiger partial charge in [0.1, 0.15) is 12.9 Å². The zero-order valence-corrected chi connectivity index (χ0v) is 10.6. The van der Waals surface area contributed by atoms with Gasteiger partial charge >= 0.3 is 5.97 Å². The van der Waals surface area contributed by atoms with Crippen LogP contribution in [0.15, 0.2) is 48.5 Å². The molecule has 2 rings (SSSR count). The number of aldehydes is 1. The van der Waals surface area contributed by atoms with E-state index in [-0.39, 0.29) is 12.6 Å². The summed E-state index contributed by atoms with van der Waals surface area (Å²) in [4.78, 5) is 22.6. The summed E-state index contributed by atoms with van der Waals surface area (Å²) in [5, 5.41) is 0. The maximum absolute atomic E-state index is 11.9. The van der Waals surface area contributed by atoms with Crippen LogP contribution in [0.2, 0.25) is 0 Å². The first kappa shape index (κ1) is 13.0. The zero-order chi connectivity index (χ0) is 13.7. The number of hydrogen-bond donors (Lipinski definition) is 0. The van der Waals surface area contributed by atoms with Crippen molar-refractivity contribution >= 4 is 12.3 Å². The second-order valence-corrected chi connectivity index (χ2v) is 4.25. The van der Waals surface area contributed by atoms with E-state index in [9.17, 15) is 9.59 Å². The number of carbonyl (C=O) groups excluding carboxylic acids is 2. The van der Waals surface area contributed by atoms with Crippen LogP contribution in [0.1, 0.15) is 31.8 Å². The molecule has 0 radical (unpaired) electrons. The Labute approximate surface area is 111 Å². The molecule has 0 bridgehead atoms. The van der Waals surface area contributed by atoms with Crippen molar-refractivity contribution in [2.45, 2.75) is 13.5 Å². The highest BCUT2D eigenvalue weighted by atomic mass is 16.5. The Bertz CT molecular complexity index is 588. The normalized spacial score (nSPS) is 9.95. The van der Waals surface area contributed by atoms with Crippen LogP contribution in [0.4, 0.5) is 0 Å². The predicted octanol–water partition coefficient (Wildman–Crippen LogP) is 3.16. The van der Waals surface area contributed by atoms with Crippen molar-refractivity contribution < 1.29 is 14.3 Å². The van der Waals surface area contributed by atoms with Gasteiger partial charge in [-0.15, -0.1) is 0 Å². The second-order valence-electron chi connectivity index (χ2n) is 4.25. The van der Waals surface area contributed by atoms with Crippen molar-refractivity contribution in [3.63, 3.8) is 0 Å². The molecule has 3 nitrogen and oxygen atoms in total. The number of hydrogen-bond acceptors (Lipinski definition) is 3. The maximum Gasteiger partial charge on any atom is 0.338 e. The fourth-order valence-electron chi connectivity index (χ4n) is 1.79. The van der Waals surface area contributed by atoms with Gasteiger partial charge in [-0.2, -0.15) is 0 Å². The Morgan fingerprint density at radius 3 is 2.53 bits per heavy atom. The summed E-state index contributed by atoms with van der Waals surface area (Å²) in [6.07, 6.45) is 0.756. The molecule has 0 amide bonds. The van der Waals surface area contributed by atoms with Gasteiger partial charge < -0.3 is 4.74 Å². The van der Waals surface area contributed by atoms with Crippen molar-refractivity contribution in [1.82, 2.24) is 0 Å². The van der Waals surface area contributed by atoms with Crippen LogP contribution in [0.5, 0.6) is 0 Å². The first-order chi connectivity index (χ1) is 9.20. The Morgan fingerprint density at radius 1 is 1.16 bits per heavy atom. The van der Waals surface area contributed by atoms with Crippen molar-refractivity contribution in [2.24, 2.45) is 0 Å².